The van der Waals surface area contributed by atoms with Gasteiger partial charge < -0.3 is 4.74 Å². The molecule has 0 unspecified atom stereocenters. The Morgan fingerprint density at radius 2 is 2.50 bits per heavy atom. The second kappa shape index (κ2) is 5.91. The fourth-order valence-electron chi connectivity index (χ4n) is 0.419. The highest BCUT2D eigenvalue weighted by atomic mass is 16.5. The van der Waals surface area contributed by atoms with Crippen molar-refractivity contribution in [3.8, 4) is 0 Å². The summed E-state index contributed by atoms with van der Waals surface area (Å²) in [7, 11) is 0. The van der Waals surface area contributed by atoms with Crippen LogP contribution in [0, 0.1) is 0 Å². The minimum atomic E-state index is -0.324. The highest BCUT2D eigenvalue weighted by molar-refractivity contribution is 5.69. The van der Waals surface area contributed by atoms with Gasteiger partial charge in [-0.05, 0) is 12.5 Å². The molecule has 0 aromatic heterocycles. The molecule has 0 spiro atoms. The summed E-state index contributed by atoms with van der Waals surface area (Å²) in [6.45, 7) is 2.27. The van der Waals surface area contributed by atoms with E-state index in [9.17, 15) is 4.79 Å². The Labute approximate surface area is 58.6 Å². The molecule has 0 rings (SSSR count). The Balaban J connectivity index is 3.30. The molecule has 5 heteroatoms. The average molecular weight is 143 g/mol. The third-order valence-corrected chi connectivity index (χ3v) is 0.784. The first-order valence-corrected chi connectivity index (χ1v) is 2.97. The lowest BCUT2D eigenvalue weighted by Crippen LogP contribution is -2.04. The predicted octanol–water partition coefficient (Wildman–Crippen LogP) is 1.25. The van der Waals surface area contributed by atoms with Gasteiger partial charge in [0, 0.05) is 11.5 Å². The maximum atomic E-state index is 10.5. The number of hydrogen-bond acceptors (Lipinski definition) is 3. The van der Waals surface area contributed by atoms with Crippen molar-refractivity contribution >= 4 is 5.97 Å². The number of rotatable bonds is 4. The SMILES string of the molecule is CCOC(=O)CCN=[N+]=[N-]. The summed E-state index contributed by atoms with van der Waals surface area (Å²) < 4.78 is 4.57. The van der Waals surface area contributed by atoms with E-state index in [1.165, 1.54) is 0 Å². The summed E-state index contributed by atoms with van der Waals surface area (Å²) in [6.07, 6.45) is 0.165. The minimum Gasteiger partial charge on any atom is -0.466 e. The van der Waals surface area contributed by atoms with Crippen LogP contribution in [0.4, 0.5) is 0 Å². The van der Waals surface area contributed by atoms with Crippen LogP contribution >= 0.6 is 0 Å². The first-order valence-electron chi connectivity index (χ1n) is 2.97. The summed E-state index contributed by atoms with van der Waals surface area (Å²) in [6, 6.07) is 0. The van der Waals surface area contributed by atoms with Gasteiger partial charge >= 0.3 is 5.97 Å². The molecule has 56 valence electrons. The van der Waals surface area contributed by atoms with E-state index in [1.54, 1.807) is 6.92 Å². The van der Waals surface area contributed by atoms with Crippen molar-refractivity contribution in [2.24, 2.45) is 5.11 Å². The molecule has 5 nitrogen and oxygen atoms in total. The first kappa shape index (κ1) is 8.78. The van der Waals surface area contributed by atoms with Crippen LogP contribution in [0.5, 0.6) is 0 Å². The molecular weight excluding hydrogens is 134 g/mol. The molecule has 0 fully saturated rings. The van der Waals surface area contributed by atoms with Crippen LogP contribution in [-0.2, 0) is 9.53 Å². The van der Waals surface area contributed by atoms with E-state index in [4.69, 9.17) is 5.53 Å². The molecule has 0 heterocycles. The van der Waals surface area contributed by atoms with E-state index in [0.29, 0.717) is 6.61 Å². The van der Waals surface area contributed by atoms with Crippen LogP contribution in [0.3, 0.4) is 0 Å². The lowest BCUT2D eigenvalue weighted by atomic mass is 10.4. The van der Waals surface area contributed by atoms with Crippen molar-refractivity contribution < 1.29 is 9.53 Å². The van der Waals surface area contributed by atoms with Crippen molar-refractivity contribution in [1.82, 2.24) is 0 Å². The average Bonchev–Trinajstić information content (AvgIpc) is 1.89. The van der Waals surface area contributed by atoms with Gasteiger partial charge in [0.15, 0.2) is 0 Å². The largest absolute Gasteiger partial charge is 0.466 e. The molecule has 0 saturated heterocycles. The van der Waals surface area contributed by atoms with Crippen molar-refractivity contribution in [1.29, 1.82) is 0 Å². The van der Waals surface area contributed by atoms with Gasteiger partial charge in [0.25, 0.3) is 0 Å². The molecule has 0 atom stereocenters. The van der Waals surface area contributed by atoms with E-state index < -0.39 is 0 Å². The summed E-state index contributed by atoms with van der Waals surface area (Å²) in [4.78, 5) is 13.0. The highest BCUT2D eigenvalue weighted by Crippen LogP contribution is 1.86. The van der Waals surface area contributed by atoms with Crippen LogP contribution in [0.1, 0.15) is 13.3 Å². The van der Waals surface area contributed by atoms with E-state index in [2.05, 4.69) is 14.8 Å². The van der Waals surface area contributed by atoms with E-state index in [1.807, 2.05) is 0 Å². The quantitative estimate of drug-likeness (QED) is 0.257. The van der Waals surface area contributed by atoms with Gasteiger partial charge in [-0.25, -0.2) is 0 Å². The lowest BCUT2D eigenvalue weighted by Gasteiger charge is -1.96. The van der Waals surface area contributed by atoms with Crippen molar-refractivity contribution in [3.63, 3.8) is 0 Å². The Kier molecular flexibility index (Phi) is 5.19. The molecule has 0 N–H and O–H groups in total. The summed E-state index contributed by atoms with van der Waals surface area (Å²) in [5.41, 5.74) is 7.82. The molecule has 0 aliphatic rings. The Hall–Kier alpha value is -1.22. The summed E-state index contributed by atoms with van der Waals surface area (Å²) >= 11 is 0. The Morgan fingerprint density at radius 3 is 3.00 bits per heavy atom. The molecule has 0 saturated carbocycles. The van der Waals surface area contributed by atoms with Gasteiger partial charge in [-0.3, -0.25) is 4.79 Å². The van der Waals surface area contributed by atoms with Gasteiger partial charge in [-0.15, -0.1) is 0 Å². The fraction of sp³-hybridized carbons (Fsp3) is 0.800. The second-order valence-electron chi connectivity index (χ2n) is 1.51. The molecule has 0 aliphatic heterocycles. The number of ether oxygens (including phenoxy) is 1. The summed E-state index contributed by atoms with van der Waals surface area (Å²) in [5, 5.41) is 3.17. The monoisotopic (exact) mass is 143 g/mol. The number of azide groups is 1. The van der Waals surface area contributed by atoms with E-state index in [0.717, 1.165) is 0 Å². The zero-order chi connectivity index (χ0) is 7.82. The molecule has 0 aliphatic carbocycles. The minimum absolute atomic E-state index is 0.165. The molecule has 0 aromatic carbocycles. The van der Waals surface area contributed by atoms with Crippen LogP contribution in [0.2, 0.25) is 0 Å². The van der Waals surface area contributed by atoms with Gasteiger partial charge in [0.1, 0.15) is 0 Å². The zero-order valence-electron chi connectivity index (χ0n) is 5.78. The second-order valence-corrected chi connectivity index (χ2v) is 1.51. The van der Waals surface area contributed by atoms with Gasteiger partial charge in [-0.1, -0.05) is 5.11 Å². The molecular formula is C5H9N3O2. The van der Waals surface area contributed by atoms with Crippen LogP contribution in [-0.4, -0.2) is 19.1 Å². The van der Waals surface area contributed by atoms with Crippen LogP contribution in [0.15, 0.2) is 5.11 Å². The van der Waals surface area contributed by atoms with Crippen molar-refractivity contribution in [2.75, 3.05) is 13.2 Å². The lowest BCUT2D eigenvalue weighted by molar-refractivity contribution is -0.142. The molecule has 10 heavy (non-hydrogen) atoms. The predicted molar refractivity (Wildman–Crippen MR) is 35.3 cm³/mol. The van der Waals surface area contributed by atoms with Crippen LogP contribution < -0.4 is 0 Å². The third-order valence-electron chi connectivity index (χ3n) is 0.784. The fourth-order valence-corrected chi connectivity index (χ4v) is 0.419. The van der Waals surface area contributed by atoms with Gasteiger partial charge in [0.05, 0.1) is 13.0 Å². The normalized spacial score (nSPS) is 8.10. The number of esters is 1. The standard InChI is InChI=1S/C5H9N3O2/c1-2-10-5(9)3-4-7-8-6/h2-4H2,1H3. The number of carbonyl (C=O) groups excluding carboxylic acids is 1. The number of nitrogens with zero attached hydrogens (tertiary/aromatic N) is 3. The topological polar surface area (TPSA) is 75.1 Å². The Bertz CT molecular complexity index is 151. The zero-order valence-corrected chi connectivity index (χ0v) is 5.78. The van der Waals surface area contributed by atoms with E-state index >= 15 is 0 Å². The smallest absolute Gasteiger partial charge is 0.305 e. The maximum Gasteiger partial charge on any atom is 0.305 e. The molecule has 0 bridgehead atoms. The van der Waals surface area contributed by atoms with E-state index in [-0.39, 0.29) is 18.9 Å². The molecule has 0 aromatic rings. The van der Waals surface area contributed by atoms with Gasteiger partial charge in [0.2, 0.25) is 0 Å². The van der Waals surface area contributed by atoms with Crippen LogP contribution in [0.25, 0.3) is 10.4 Å². The third kappa shape index (κ3) is 4.93. The maximum absolute atomic E-state index is 10.5. The first-order chi connectivity index (χ1) is 4.81. The summed E-state index contributed by atoms with van der Waals surface area (Å²) in [5.74, 6) is -0.324. The van der Waals surface area contributed by atoms with Crippen molar-refractivity contribution in [2.45, 2.75) is 13.3 Å². The molecule has 0 radical (unpaired) electrons. The Morgan fingerprint density at radius 1 is 1.80 bits per heavy atom. The van der Waals surface area contributed by atoms with Gasteiger partial charge in [-0.2, -0.15) is 0 Å². The van der Waals surface area contributed by atoms with Crippen molar-refractivity contribution in [3.05, 3.63) is 10.4 Å². The number of hydrogen-bond donors (Lipinski definition) is 0. The number of carbonyl (C=O) groups is 1. The highest BCUT2D eigenvalue weighted by Gasteiger charge is 1.97. The molecule has 0 amide bonds.